The molecule has 0 heterocycles. The minimum atomic E-state index is -1.70. The molecule has 0 aromatic carbocycles. The van der Waals surface area contributed by atoms with E-state index in [1.165, 1.54) is 6.92 Å². The smallest absolute Gasteiger partial charge is 0.161 e. The Hall–Kier alpha value is -0.490. The summed E-state index contributed by atoms with van der Waals surface area (Å²) in [6, 6.07) is 0. The van der Waals surface area contributed by atoms with Gasteiger partial charge in [-0.25, -0.2) is 0 Å². The maximum atomic E-state index is 11.0. The summed E-state index contributed by atoms with van der Waals surface area (Å²) in [5, 5.41) is 37.2. The van der Waals surface area contributed by atoms with Gasteiger partial charge in [-0.1, -0.05) is 0 Å². The first-order valence-electron chi connectivity index (χ1n) is 4.14. The number of hydrogen-bond acceptors (Lipinski definition) is 5. The molecule has 0 aromatic heterocycles. The molecule has 1 fully saturated rings. The third-order valence-corrected chi connectivity index (χ3v) is 2.54. The van der Waals surface area contributed by atoms with E-state index >= 15 is 0 Å². The molecule has 0 saturated heterocycles. The SMILES string of the molecule is C[13C](=O)[13C@@]1(O)C[C@@H](O)[C@H](O)[C@H](O)[13CH2]1. The lowest BCUT2D eigenvalue weighted by atomic mass is 10.1. The predicted molar refractivity (Wildman–Crippen MR) is 42.9 cm³/mol. The van der Waals surface area contributed by atoms with Crippen LogP contribution in [0.15, 0.2) is 0 Å². The zero-order valence-corrected chi connectivity index (χ0v) is 7.34. The van der Waals surface area contributed by atoms with Crippen molar-refractivity contribution >= 4 is 5.78 Å². The number of Topliss-reactive ketones (excluding diaryl/α,β-unsaturated/α-hetero) is 1. The maximum absolute atomic E-state index is 11.0. The lowest BCUT2D eigenvalue weighted by Gasteiger charge is -2.38. The molecule has 0 bridgehead atoms. The second kappa shape index (κ2) is 3.34. The zero-order chi connectivity index (χ0) is 10.2. The highest BCUT2D eigenvalue weighted by Gasteiger charge is 2.46. The quantitative estimate of drug-likeness (QED) is 0.368. The van der Waals surface area contributed by atoms with Gasteiger partial charge < -0.3 is 20.4 Å². The molecule has 5 nitrogen and oxygen atoms in total. The maximum Gasteiger partial charge on any atom is 0.161 e. The average Bonchev–Trinajstić information content (AvgIpc) is 2.00. The van der Waals surface area contributed by atoms with E-state index in [0.29, 0.717) is 0 Å². The highest BCUT2D eigenvalue weighted by atomic mass is 16.4. The molecule has 1 aliphatic carbocycles. The number of rotatable bonds is 1. The summed E-state index contributed by atoms with van der Waals surface area (Å²) in [4.78, 5) is 11.0. The molecular formula is C8H14O5. The van der Waals surface area contributed by atoms with E-state index in [4.69, 9.17) is 5.11 Å². The third-order valence-electron chi connectivity index (χ3n) is 2.54. The van der Waals surface area contributed by atoms with Crippen molar-refractivity contribution in [1.29, 1.82) is 0 Å². The van der Waals surface area contributed by atoms with Gasteiger partial charge in [0, 0.05) is 12.8 Å². The van der Waals surface area contributed by atoms with Gasteiger partial charge in [-0.2, -0.15) is 0 Å². The summed E-state index contributed by atoms with van der Waals surface area (Å²) in [7, 11) is 0. The van der Waals surface area contributed by atoms with Crippen molar-refractivity contribution in [3.8, 4) is 0 Å². The van der Waals surface area contributed by atoms with E-state index in [9.17, 15) is 20.1 Å². The van der Waals surface area contributed by atoms with Crippen molar-refractivity contribution in [3.05, 3.63) is 0 Å². The number of ketones is 1. The zero-order valence-electron chi connectivity index (χ0n) is 7.34. The molecular weight excluding hydrogens is 179 g/mol. The first kappa shape index (κ1) is 10.6. The first-order chi connectivity index (χ1) is 5.87. The fourth-order valence-electron chi connectivity index (χ4n) is 1.56. The number of carbonyl (C=O) groups excluding carboxylic acids is 1. The topological polar surface area (TPSA) is 98.0 Å². The van der Waals surface area contributed by atoms with Crippen LogP contribution < -0.4 is 0 Å². The second-order valence-corrected chi connectivity index (χ2v) is 3.62. The third kappa shape index (κ3) is 1.88. The van der Waals surface area contributed by atoms with Crippen LogP contribution in [-0.2, 0) is 4.79 Å². The Kier molecular flexibility index (Phi) is 2.72. The number of carbonyl (C=O) groups is 1. The summed E-state index contributed by atoms with van der Waals surface area (Å²) < 4.78 is 0. The molecule has 13 heavy (non-hydrogen) atoms. The highest BCUT2D eigenvalue weighted by Crippen LogP contribution is 2.29. The minimum Gasteiger partial charge on any atom is -0.390 e. The van der Waals surface area contributed by atoms with Crippen molar-refractivity contribution in [2.24, 2.45) is 0 Å². The molecule has 1 aliphatic rings. The van der Waals surface area contributed by atoms with Crippen LogP contribution >= 0.6 is 0 Å². The van der Waals surface area contributed by atoms with Crippen molar-refractivity contribution < 1.29 is 25.2 Å². The van der Waals surface area contributed by atoms with E-state index in [2.05, 4.69) is 0 Å². The number of aliphatic hydroxyl groups excluding tert-OH is 3. The molecule has 0 spiro atoms. The van der Waals surface area contributed by atoms with Gasteiger partial charge in [0.25, 0.3) is 0 Å². The fraction of sp³-hybridized carbons (Fsp3) is 0.875. The van der Waals surface area contributed by atoms with Crippen LogP contribution in [0, 0.1) is 0 Å². The summed E-state index contributed by atoms with van der Waals surface area (Å²) in [6.45, 7) is 1.19. The van der Waals surface area contributed by atoms with E-state index in [0.717, 1.165) is 0 Å². The van der Waals surface area contributed by atoms with Crippen molar-refractivity contribution in [3.63, 3.8) is 0 Å². The Morgan fingerprint density at radius 3 is 1.92 bits per heavy atom. The van der Waals surface area contributed by atoms with Crippen LogP contribution in [0.3, 0.4) is 0 Å². The summed E-state index contributed by atoms with van der Waals surface area (Å²) >= 11 is 0. The standard InChI is InChI=1S/C8H14O5/c1-4(9)8(13)2-5(10)7(12)6(11)3-8/h5-7,10-13H,2-3H2,1H3/t5-,6-,7-,8+/m1/s1/i2+1,4+1,8+1. The van der Waals surface area contributed by atoms with E-state index in [-0.39, 0.29) is 12.8 Å². The minimum absolute atomic E-state index is 0.222. The molecule has 0 radical (unpaired) electrons. The van der Waals surface area contributed by atoms with E-state index in [1.807, 2.05) is 0 Å². The normalized spacial score (nSPS) is 46.1. The van der Waals surface area contributed by atoms with Gasteiger partial charge in [0.15, 0.2) is 5.78 Å². The van der Waals surface area contributed by atoms with Crippen molar-refractivity contribution in [1.82, 2.24) is 0 Å². The molecule has 0 aromatic rings. The molecule has 5 heteroatoms. The summed E-state index contributed by atoms with van der Waals surface area (Å²) in [5.74, 6) is -0.502. The molecule has 0 aliphatic heterocycles. The lowest BCUT2D eigenvalue weighted by molar-refractivity contribution is -0.169. The van der Waals surface area contributed by atoms with Gasteiger partial charge in [0.1, 0.15) is 11.7 Å². The Balaban J connectivity index is 2.79. The van der Waals surface area contributed by atoms with Gasteiger partial charge in [0.05, 0.1) is 12.2 Å². The van der Waals surface area contributed by atoms with Crippen LogP contribution in [0.25, 0.3) is 0 Å². The summed E-state index contributed by atoms with van der Waals surface area (Å²) in [5.41, 5.74) is -1.70. The van der Waals surface area contributed by atoms with Gasteiger partial charge in [-0.3, -0.25) is 4.79 Å². The Morgan fingerprint density at radius 2 is 1.62 bits per heavy atom. The summed E-state index contributed by atoms with van der Waals surface area (Å²) in [6.07, 6.45) is -4.23. The molecule has 1 rings (SSSR count). The Labute approximate surface area is 75.6 Å². The van der Waals surface area contributed by atoms with Crippen LogP contribution in [0.1, 0.15) is 19.8 Å². The molecule has 76 valence electrons. The highest BCUT2D eigenvalue weighted by molar-refractivity contribution is 5.84. The predicted octanol–water partition coefficient (Wildman–Crippen LogP) is -1.82. The van der Waals surface area contributed by atoms with Crippen molar-refractivity contribution in [2.75, 3.05) is 0 Å². The molecule has 0 amide bonds. The van der Waals surface area contributed by atoms with Gasteiger partial charge in [0.2, 0.25) is 0 Å². The Bertz CT molecular complexity index is 203. The molecule has 1 saturated carbocycles. The largest absolute Gasteiger partial charge is 0.390 e. The molecule has 0 unspecified atom stereocenters. The molecule has 4 N–H and O–H groups in total. The van der Waals surface area contributed by atoms with Gasteiger partial charge in [-0.05, 0) is 6.92 Å². The first-order valence-corrected chi connectivity index (χ1v) is 4.14. The van der Waals surface area contributed by atoms with Gasteiger partial charge in [-0.15, -0.1) is 0 Å². The monoisotopic (exact) mass is 193 g/mol. The fourth-order valence-corrected chi connectivity index (χ4v) is 1.56. The second-order valence-electron chi connectivity index (χ2n) is 3.62. The van der Waals surface area contributed by atoms with Gasteiger partial charge >= 0.3 is 0 Å². The van der Waals surface area contributed by atoms with Crippen LogP contribution in [0.2, 0.25) is 0 Å². The van der Waals surface area contributed by atoms with Crippen LogP contribution in [-0.4, -0.2) is 50.1 Å². The van der Waals surface area contributed by atoms with Crippen LogP contribution in [0.5, 0.6) is 0 Å². The average molecular weight is 193 g/mol. The van der Waals surface area contributed by atoms with Crippen LogP contribution in [0.4, 0.5) is 0 Å². The Morgan fingerprint density at radius 1 is 1.23 bits per heavy atom. The molecule has 4 atom stereocenters. The number of aliphatic hydroxyl groups is 4. The van der Waals surface area contributed by atoms with E-state index < -0.39 is 29.7 Å². The van der Waals surface area contributed by atoms with E-state index in [1.54, 1.807) is 0 Å². The number of hydrogen-bond donors (Lipinski definition) is 4. The van der Waals surface area contributed by atoms with Crippen molar-refractivity contribution in [2.45, 2.75) is 43.7 Å². The lowest BCUT2D eigenvalue weighted by Crippen LogP contribution is -2.55.